The number of rotatable bonds is 5. The van der Waals surface area contributed by atoms with Crippen molar-refractivity contribution in [2.75, 3.05) is 31.1 Å². The number of carbonyl (C=O) groups is 1. The van der Waals surface area contributed by atoms with E-state index in [0.717, 1.165) is 62.0 Å². The zero-order valence-corrected chi connectivity index (χ0v) is 19.8. The van der Waals surface area contributed by atoms with Gasteiger partial charge in [0.15, 0.2) is 0 Å². The van der Waals surface area contributed by atoms with Crippen molar-refractivity contribution in [2.45, 2.75) is 45.3 Å². The molecule has 1 aromatic carbocycles. The molecule has 2 aromatic rings. The predicted octanol–water partition coefficient (Wildman–Crippen LogP) is 4.00. The monoisotopic (exact) mass is 469 g/mol. The molecule has 8 heteroatoms. The number of nitrogens with zero attached hydrogens (tertiary/aromatic N) is 3. The van der Waals surface area contributed by atoms with Crippen LogP contribution in [0.2, 0.25) is 0 Å². The minimum absolute atomic E-state index is 0.0370. The molecule has 1 unspecified atom stereocenters. The number of benzene rings is 1. The van der Waals surface area contributed by atoms with E-state index >= 15 is 0 Å². The van der Waals surface area contributed by atoms with Gasteiger partial charge in [0, 0.05) is 31.6 Å². The average Bonchev–Trinajstić information content (AvgIpc) is 3.55. The van der Waals surface area contributed by atoms with Gasteiger partial charge >= 0.3 is 0 Å². The molecule has 4 heterocycles. The fourth-order valence-corrected chi connectivity index (χ4v) is 6.17. The van der Waals surface area contributed by atoms with E-state index in [2.05, 4.69) is 11.0 Å². The minimum Gasteiger partial charge on any atom is -0.376 e. The van der Waals surface area contributed by atoms with E-state index < -0.39 is 0 Å². The lowest BCUT2D eigenvalue weighted by atomic mass is 10.1. The van der Waals surface area contributed by atoms with Crippen molar-refractivity contribution in [1.29, 1.82) is 0 Å². The van der Waals surface area contributed by atoms with E-state index in [1.807, 2.05) is 25.1 Å². The van der Waals surface area contributed by atoms with Gasteiger partial charge in [-0.05, 0) is 44.7 Å². The van der Waals surface area contributed by atoms with E-state index in [4.69, 9.17) is 17.0 Å². The molecule has 3 fully saturated rings. The average molecular weight is 470 g/mol. The first-order valence-electron chi connectivity index (χ1n) is 11.4. The lowest BCUT2D eigenvalue weighted by molar-refractivity contribution is -0.123. The number of pyridine rings is 1. The Hall–Kier alpha value is -2.16. The van der Waals surface area contributed by atoms with Crippen LogP contribution in [0.4, 0.5) is 5.69 Å². The van der Waals surface area contributed by atoms with Crippen molar-refractivity contribution in [2.24, 2.45) is 0 Å². The fraction of sp³-hybridized carbons (Fsp3) is 0.458. The second-order valence-electron chi connectivity index (χ2n) is 8.45. The van der Waals surface area contributed by atoms with Crippen LogP contribution >= 0.6 is 24.0 Å². The molecule has 0 aliphatic carbocycles. The van der Waals surface area contributed by atoms with E-state index in [0.29, 0.717) is 27.9 Å². The van der Waals surface area contributed by atoms with Crippen LogP contribution < -0.4 is 10.5 Å². The Bertz CT molecular complexity index is 1160. The maximum absolute atomic E-state index is 13.6. The molecule has 3 aliphatic heterocycles. The number of hydrogen-bond acceptors (Lipinski definition) is 6. The zero-order chi connectivity index (χ0) is 22.2. The van der Waals surface area contributed by atoms with Crippen molar-refractivity contribution in [3.8, 4) is 0 Å². The molecule has 0 spiro atoms. The van der Waals surface area contributed by atoms with Gasteiger partial charge in [0.2, 0.25) is 0 Å². The molecule has 3 aliphatic rings. The quantitative estimate of drug-likeness (QED) is 0.487. The van der Waals surface area contributed by atoms with Gasteiger partial charge in [-0.15, -0.1) is 0 Å². The third-order valence-corrected chi connectivity index (χ3v) is 7.86. The van der Waals surface area contributed by atoms with Gasteiger partial charge in [0.05, 0.1) is 34.3 Å². The van der Waals surface area contributed by atoms with Crippen molar-refractivity contribution >= 4 is 56.9 Å². The summed E-state index contributed by atoms with van der Waals surface area (Å²) in [6, 6.07) is 8.06. The van der Waals surface area contributed by atoms with Gasteiger partial charge in [-0.3, -0.25) is 14.5 Å². The minimum atomic E-state index is -0.126. The summed E-state index contributed by atoms with van der Waals surface area (Å²) in [4.78, 5) is 31.3. The normalized spacial score (nSPS) is 22.8. The number of hydrogen-bond donors (Lipinski definition) is 0. The molecule has 5 rings (SSSR count). The summed E-state index contributed by atoms with van der Waals surface area (Å²) in [5.41, 5.74) is 2.41. The second kappa shape index (κ2) is 9.00. The summed E-state index contributed by atoms with van der Waals surface area (Å²) in [5.74, 6) is -0.126. The number of carbonyl (C=O) groups excluding carboxylic acids is 1. The van der Waals surface area contributed by atoms with Crippen LogP contribution in [0.5, 0.6) is 0 Å². The summed E-state index contributed by atoms with van der Waals surface area (Å²) in [5, 5.41) is 1.05. The maximum atomic E-state index is 13.6. The van der Waals surface area contributed by atoms with Crippen LogP contribution in [0.3, 0.4) is 0 Å². The molecule has 6 nitrogen and oxygen atoms in total. The summed E-state index contributed by atoms with van der Waals surface area (Å²) in [6.07, 6.45) is 5.99. The highest BCUT2D eigenvalue weighted by atomic mass is 32.2. The lowest BCUT2D eigenvalue weighted by Crippen LogP contribution is -2.35. The standard InChI is InChI=1S/C24H27N3O3S2/c1-2-26-19-10-4-3-9-17(19)21(25-11-5-6-12-25)18(22(26)28)14-20-23(29)27(24(31)32-20)15-16-8-7-13-30-16/h3-4,9-10,14,16H,2,5-8,11-13,15H2,1H3. The number of aromatic nitrogens is 1. The van der Waals surface area contributed by atoms with Crippen molar-refractivity contribution in [1.82, 2.24) is 9.47 Å². The van der Waals surface area contributed by atoms with Gasteiger partial charge < -0.3 is 14.2 Å². The first-order chi connectivity index (χ1) is 15.6. The lowest BCUT2D eigenvalue weighted by Gasteiger charge is -2.24. The number of para-hydroxylation sites is 1. The maximum Gasteiger partial charge on any atom is 0.266 e. The Morgan fingerprint density at radius 3 is 2.69 bits per heavy atom. The molecule has 168 valence electrons. The fourth-order valence-electron chi connectivity index (χ4n) is 4.92. The largest absolute Gasteiger partial charge is 0.376 e. The number of thioether (sulfide) groups is 1. The zero-order valence-electron chi connectivity index (χ0n) is 18.2. The Balaban J connectivity index is 1.62. The summed E-state index contributed by atoms with van der Waals surface area (Å²) in [7, 11) is 0. The van der Waals surface area contributed by atoms with Gasteiger partial charge in [-0.25, -0.2) is 0 Å². The summed E-state index contributed by atoms with van der Waals surface area (Å²) < 4.78 is 8.04. The topological polar surface area (TPSA) is 54.8 Å². The number of fused-ring (bicyclic) bond motifs is 1. The third kappa shape index (κ3) is 3.78. The summed E-state index contributed by atoms with van der Waals surface area (Å²) >= 11 is 6.81. The molecular formula is C24H27N3O3S2. The van der Waals surface area contributed by atoms with Crippen LogP contribution in [0.1, 0.15) is 38.2 Å². The van der Waals surface area contributed by atoms with Gasteiger partial charge in [-0.1, -0.05) is 42.2 Å². The molecule has 0 N–H and O–H groups in total. The smallest absolute Gasteiger partial charge is 0.266 e. The van der Waals surface area contributed by atoms with Crippen LogP contribution in [-0.4, -0.2) is 52.0 Å². The number of anilines is 1. The van der Waals surface area contributed by atoms with Crippen molar-refractivity contribution in [3.63, 3.8) is 0 Å². The molecule has 3 saturated heterocycles. The van der Waals surface area contributed by atoms with Crippen LogP contribution in [0, 0.1) is 0 Å². The van der Waals surface area contributed by atoms with E-state index in [9.17, 15) is 9.59 Å². The summed E-state index contributed by atoms with van der Waals surface area (Å²) in [6.45, 7) is 5.61. The van der Waals surface area contributed by atoms with Crippen LogP contribution in [-0.2, 0) is 16.1 Å². The molecule has 1 aromatic heterocycles. The number of ether oxygens (including phenoxy) is 1. The first-order valence-corrected chi connectivity index (χ1v) is 12.6. The van der Waals surface area contributed by atoms with Crippen molar-refractivity contribution in [3.05, 3.63) is 45.1 Å². The van der Waals surface area contributed by atoms with Gasteiger partial charge in [0.1, 0.15) is 4.32 Å². The predicted molar refractivity (Wildman–Crippen MR) is 134 cm³/mol. The number of thiocarbonyl (C=S) groups is 1. The van der Waals surface area contributed by atoms with Crippen molar-refractivity contribution < 1.29 is 9.53 Å². The molecule has 1 amide bonds. The van der Waals surface area contributed by atoms with E-state index in [-0.39, 0.29) is 17.6 Å². The molecule has 1 atom stereocenters. The molecule has 0 radical (unpaired) electrons. The Labute approximate surface area is 197 Å². The molecule has 32 heavy (non-hydrogen) atoms. The highest BCUT2D eigenvalue weighted by Gasteiger charge is 2.35. The second-order valence-corrected chi connectivity index (χ2v) is 10.1. The molecular weight excluding hydrogens is 442 g/mol. The SMILES string of the molecule is CCn1c(=O)c(C=C2SC(=S)N(CC3CCCO3)C2=O)c(N2CCCC2)c2ccccc21. The van der Waals surface area contributed by atoms with Gasteiger partial charge in [0.25, 0.3) is 11.5 Å². The Kier molecular flexibility index (Phi) is 6.09. The Morgan fingerprint density at radius 2 is 1.97 bits per heavy atom. The number of aryl methyl sites for hydroxylation is 1. The number of amides is 1. The highest BCUT2D eigenvalue weighted by Crippen LogP contribution is 2.37. The van der Waals surface area contributed by atoms with Crippen LogP contribution in [0.25, 0.3) is 17.0 Å². The van der Waals surface area contributed by atoms with E-state index in [1.54, 1.807) is 15.5 Å². The molecule has 0 saturated carbocycles. The highest BCUT2D eigenvalue weighted by molar-refractivity contribution is 8.26. The van der Waals surface area contributed by atoms with Gasteiger partial charge in [-0.2, -0.15) is 0 Å². The third-order valence-electron chi connectivity index (χ3n) is 6.48. The Morgan fingerprint density at radius 1 is 1.19 bits per heavy atom. The molecule has 0 bridgehead atoms. The van der Waals surface area contributed by atoms with Crippen LogP contribution in [0.15, 0.2) is 34.0 Å². The van der Waals surface area contributed by atoms with E-state index in [1.165, 1.54) is 11.8 Å². The first kappa shape index (κ1) is 21.7.